The number of carbonyl (C=O) groups is 1. The van der Waals surface area contributed by atoms with Gasteiger partial charge < -0.3 is 10.2 Å². The van der Waals surface area contributed by atoms with Crippen LogP contribution in [0.4, 0.5) is 4.79 Å². The molecule has 1 saturated heterocycles. The molecule has 3 aliphatic rings. The molecule has 2 aliphatic carbocycles. The van der Waals surface area contributed by atoms with E-state index in [1.807, 2.05) is 6.20 Å². The number of nitrogens with one attached hydrogen (secondary N) is 1. The average Bonchev–Trinajstić information content (AvgIpc) is 3.00. The molecular weight excluding hydrogens is 272 g/mol. The van der Waals surface area contributed by atoms with E-state index in [-0.39, 0.29) is 6.03 Å². The van der Waals surface area contributed by atoms with Crippen LogP contribution in [0.15, 0.2) is 11.8 Å². The van der Waals surface area contributed by atoms with Crippen molar-refractivity contribution >= 4 is 6.03 Å². The van der Waals surface area contributed by atoms with E-state index in [1.165, 1.54) is 44.1 Å². The summed E-state index contributed by atoms with van der Waals surface area (Å²) in [5.74, 6) is 0.689. The third-order valence-electron chi connectivity index (χ3n) is 6.10. The van der Waals surface area contributed by atoms with Crippen LogP contribution in [0.5, 0.6) is 0 Å². The molecular formula is C19H32N2O. The number of urea groups is 1. The highest BCUT2D eigenvalue weighted by Gasteiger charge is 2.50. The van der Waals surface area contributed by atoms with E-state index >= 15 is 0 Å². The van der Waals surface area contributed by atoms with Crippen molar-refractivity contribution in [2.45, 2.75) is 78.7 Å². The maximum atomic E-state index is 12.6. The second-order valence-electron chi connectivity index (χ2n) is 9.16. The van der Waals surface area contributed by atoms with Crippen molar-refractivity contribution in [2.24, 2.45) is 16.7 Å². The van der Waals surface area contributed by atoms with Gasteiger partial charge in [0.15, 0.2) is 0 Å². The second-order valence-corrected chi connectivity index (χ2v) is 9.16. The second kappa shape index (κ2) is 5.58. The summed E-state index contributed by atoms with van der Waals surface area (Å²) < 4.78 is 0. The Hall–Kier alpha value is -0.990. The van der Waals surface area contributed by atoms with Crippen molar-refractivity contribution in [3.8, 4) is 0 Å². The highest BCUT2D eigenvalue weighted by Crippen LogP contribution is 2.52. The monoisotopic (exact) mass is 304 g/mol. The lowest BCUT2D eigenvalue weighted by Gasteiger charge is -2.39. The van der Waals surface area contributed by atoms with Gasteiger partial charge in [0, 0.05) is 18.8 Å². The number of allylic oxidation sites excluding steroid dienone is 1. The molecule has 0 aromatic rings. The first-order valence-electron chi connectivity index (χ1n) is 9.02. The molecule has 1 N–H and O–H groups in total. The van der Waals surface area contributed by atoms with Crippen LogP contribution in [0.3, 0.4) is 0 Å². The zero-order valence-electron chi connectivity index (χ0n) is 14.7. The topological polar surface area (TPSA) is 32.3 Å². The first-order valence-corrected chi connectivity index (χ1v) is 9.02. The zero-order chi connectivity index (χ0) is 16.0. The molecule has 1 aliphatic heterocycles. The molecule has 3 heteroatoms. The fourth-order valence-electron chi connectivity index (χ4n) is 5.45. The molecule has 2 atom stereocenters. The Morgan fingerprint density at radius 2 is 1.86 bits per heavy atom. The average molecular weight is 304 g/mol. The maximum absolute atomic E-state index is 12.6. The van der Waals surface area contributed by atoms with Gasteiger partial charge in [0.25, 0.3) is 0 Å². The van der Waals surface area contributed by atoms with Crippen molar-refractivity contribution in [2.75, 3.05) is 6.54 Å². The first kappa shape index (κ1) is 15.9. The summed E-state index contributed by atoms with van der Waals surface area (Å²) in [7, 11) is 0. The van der Waals surface area contributed by atoms with E-state index in [4.69, 9.17) is 0 Å². The van der Waals surface area contributed by atoms with Gasteiger partial charge in [-0.05, 0) is 55.8 Å². The van der Waals surface area contributed by atoms with Gasteiger partial charge in [-0.2, -0.15) is 0 Å². The molecule has 2 unspecified atom stereocenters. The predicted octanol–water partition coefficient (Wildman–Crippen LogP) is 4.69. The van der Waals surface area contributed by atoms with Crippen LogP contribution >= 0.6 is 0 Å². The lowest BCUT2D eigenvalue weighted by Crippen LogP contribution is -2.42. The fourth-order valence-corrected chi connectivity index (χ4v) is 5.45. The van der Waals surface area contributed by atoms with Crippen LogP contribution in [0.25, 0.3) is 0 Å². The van der Waals surface area contributed by atoms with Gasteiger partial charge in [0.05, 0.1) is 0 Å². The van der Waals surface area contributed by atoms with Crippen molar-refractivity contribution in [1.82, 2.24) is 10.2 Å². The van der Waals surface area contributed by atoms with E-state index in [1.54, 1.807) is 0 Å². The Morgan fingerprint density at radius 3 is 2.55 bits per heavy atom. The summed E-state index contributed by atoms with van der Waals surface area (Å²) in [5.41, 5.74) is 2.02. The Bertz CT molecular complexity index is 476. The molecule has 3 nitrogen and oxygen atoms in total. The van der Waals surface area contributed by atoms with E-state index in [2.05, 4.69) is 37.9 Å². The molecule has 3 rings (SSSR count). The Kier molecular flexibility index (Phi) is 4.03. The highest BCUT2D eigenvalue weighted by molar-refractivity contribution is 5.76. The van der Waals surface area contributed by atoms with Crippen LogP contribution < -0.4 is 5.32 Å². The minimum Gasteiger partial charge on any atom is -0.321 e. The third kappa shape index (κ3) is 3.18. The largest absolute Gasteiger partial charge is 0.321 e. The fraction of sp³-hybridized carbons (Fsp3) is 0.842. The number of nitrogens with zero attached hydrogens (tertiary/aromatic N) is 1. The van der Waals surface area contributed by atoms with Crippen LogP contribution in [0, 0.1) is 16.7 Å². The molecule has 1 heterocycles. The molecule has 0 aromatic heterocycles. The molecule has 2 bridgehead atoms. The van der Waals surface area contributed by atoms with Crippen molar-refractivity contribution < 1.29 is 4.79 Å². The first-order chi connectivity index (χ1) is 10.3. The van der Waals surface area contributed by atoms with Gasteiger partial charge in [0.1, 0.15) is 0 Å². The summed E-state index contributed by atoms with van der Waals surface area (Å²) in [4.78, 5) is 14.7. The van der Waals surface area contributed by atoms with Gasteiger partial charge in [-0.3, -0.25) is 0 Å². The Morgan fingerprint density at radius 1 is 1.18 bits per heavy atom. The number of amides is 2. The minimum atomic E-state index is 0.115. The number of rotatable bonds is 2. The van der Waals surface area contributed by atoms with Crippen LogP contribution in [-0.2, 0) is 0 Å². The molecule has 2 amide bonds. The number of carbonyl (C=O) groups excluding carboxylic acids is 1. The number of hydrogen-bond donors (Lipinski definition) is 1. The van der Waals surface area contributed by atoms with Gasteiger partial charge in [0.2, 0.25) is 0 Å². The van der Waals surface area contributed by atoms with Crippen molar-refractivity contribution in [1.29, 1.82) is 0 Å². The predicted molar refractivity (Wildman–Crippen MR) is 90.5 cm³/mol. The number of likely N-dealkylation sites (tertiary alicyclic amines) is 1. The molecule has 22 heavy (non-hydrogen) atoms. The molecule has 3 fully saturated rings. The normalized spacial score (nSPS) is 35.0. The highest BCUT2D eigenvalue weighted by atomic mass is 16.2. The van der Waals surface area contributed by atoms with Crippen LogP contribution in [0.2, 0.25) is 0 Å². The van der Waals surface area contributed by atoms with Gasteiger partial charge in [-0.15, -0.1) is 0 Å². The summed E-state index contributed by atoms with van der Waals surface area (Å²) in [6, 6.07) is 0.540. The standard InChI is InChI=1S/C19H32N2O/c1-14(15-7-5-6-8-15)11-20-17(22)21-13-19(4)10-16(21)9-18(2,3)12-19/h11,15-16H,5-10,12-13H2,1-4H3,(H,20,22)/b14-11+. The van der Waals surface area contributed by atoms with Gasteiger partial charge in [-0.25, -0.2) is 4.79 Å². The smallest absolute Gasteiger partial charge is 0.321 e. The SMILES string of the molecule is C/C(=C\NC(=O)N1CC2(C)CC1CC(C)(C)C2)C1CCCC1. The molecule has 2 saturated carbocycles. The van der Waals surface area contributed by atoms with E-state index < -0.39 is 0 Å². The Labute approximate surface area is 135 Å². The molecule has 0 aromatic carbocycles. The lowest BCUT2D eigenvalue weighted by atomic mass is 9.65. The van der Waals surface area contributed by atoms with E-state index in [0.29, 0.717) is 22.8 Å². The minimum absolute atomic E-state index is 0.115. The lowest BCUT2D eigenvalue weighted by molar-refractivity contribution is 0.129. The molecule has 124 valence electrons. The molecule has 0 radical (unpaired) electrons. The van der Waals surface area contributed by atoms with E-state index in [0.717, 1.165) is 13.0 Å². The van der Waals surface area contributed by atoms with Crippen LogP contribution in [0.1, 0.15) is 72.6 Å². The van der Waals surface area contributed by atoms with Gasteiger partial charge >= 0.3 is 6.03 Å². The number of fused-ring (bicyclic) bond motifs is 2. The summed E-state index contributed by atoms with van der Waals surface area (Å²) >= 11 is 0. The van der Waals surface area contributed by atoms with E-state index in [9.17, 15) is 4.79 Å². The Balaban J connectivity index is 1.62. The quantitative estimate of drug-likeness (QED) is 0.788. The summed E-state index contributed by atoms with van der Waals surface area (Å²) in [6.45, 7) is 10.1. The maximum Gasteiger partial charge on any atom is 0.321 e. The van der Waals surface area contributed by atoms with Crippen molar-refractivity contribution in [3.63, 3.8) is 0 Å². The zero-order valence-corrected chi connectivity index (χ0v) is 14.7. The molecule has 0 spiro atoms. The third-order valence-corrected chi connectivity index (χ3v) is 6.10. The van der Waals surface area contributed by atoms with Crippen molar-refractivity contribution in [3.05, 3.63) is 11.8 Å². The summed E-state index contributed by atoms with van der Waals surface area (Å²) in [5, 5.41) is 3.08. The van der Waals surface area contributed by atoms with Crippen LogP contribution in [-0.4, -0.2) is 23.5 Å². The number of hydrogen-bond acceptors (Lipinski definition) is 1. The van der Waals surface area contributed by atoms with Gasteiger partial charge in [-0.1, -0.05) is 39.2 Å². The summed E-state index contributed by atoms with van der Waals surface area (Å²) in [6.07, 6.45) is 10.8.